The van der Waals surface area contributed by atoms with Crippen LogP contribution in [0.25, 0.3) is 0 Å². The van der Waals surface area contributed by atoms with Gasteiger partial charge in [-0.2, -0.15) is 0 Å². The van der Waals surface area contributed by atoms with Crippen LogP contribution in [0.1, 0.15) is 26.7 Å². The number of nitrogens with zero attached hydrogens (tertiary/aromatic N) is 1. The lowest BCUT2D eigenvalue weighted by molar-refractivity contribution is 0.890. The van der Waals surface area contributed by atoms with Gasteiger partial charge in [-0.05, 0) is 13.3 Å². The van der Waals surface area contributed by atoms with Crippen molar-refractivity contribution in [1.29, 1.82) is 0 Å². The summed E-state index contributed by atoms with van der Waals surface area (Å²) in [6.07, 6.45) is 5.39. The smallest absolute Gasteiger partial charge is 0.0553 e. The van der Waals surface area contributed by atoms with Gasteiger partial charge in [-0.15, -0.1) is 0 Å². The average Bonchev–Trinajstić information content (AvgIpc) is 1.88. The molecule has 0 aromatic rings. The van der Waals surface area contributed by atoms with E-state index in [0.717, 1.165) is 18.5 Å². The third-order valence-corrected chi connectivity index (χ3v) is 0.993. The summed E-state index contributed by atoms with van der Waals surface area (Å²) >= 11 is 0. The summed E-state index contributed by atoms with van der Waals surface area (Å²) in [4.78, 5) is 4.04. The molecule has 0 rings (SSSR count). The van der Waals surface area contributed by atoms with Crippen molar-refractivity contribution in [2.75, 3.05) is 0 Å². The Morgan fingerprint density at radius 1 is 1.67 bits per heavy atom. The van der Waals surface area contributed by atoms with Crippen LogP contribution < -0.4 is 5.73 Å². The third kappa shape index (κ3) is 3.76. The molecule has 52 valence electrons. The Labute approximate surface area is 56.5 Å². The summed E-state index contributed by atoms with van der Waals surface area (Å²) in [7, 11) is 0. The number of rotatable bonds is 3. The minimum Gasteiger partial charge on any atom is -0.403 e. The maximum atomic E-state index is 5.27. The van der Waals surface area contributed by atoms with Crippen LogP contribution in [0.2, 0.25) is 0 Å². The molecular weight excluding hydrogens is 112 g/mol. The first-order valence-corrected chi connectivity index (χ1v) is 3.24. The molecule has 0 saturated carbocycles. The Balaban J connectivity index is 3.70. The number of allylic oxidation sites excluding steroid dienone is 1. The van der Waals surface area contributed by atoms with Crippen molar-refractivity contribution < 1.29 is 0 Å². The van der Waals surface area contributed by atoms with Crippen molar-refractivity contribution in [3.63, 3.8) is 0 Å². The Hall–Kier alpha value is -0.790. The zero-order valence-electron chi connectivity index (χ0n) is 6.09. The molecule has 0 atom stereocenters. The van der Waals surface area contributed by atoms with Crippen LogP contribution in [-0.4, -0.2) is 6.21 Å². The predicted molar refractivity (Wildman–Crippen MR) is 41.3 cm³/mol. The first-order chi connectivity index (χ1) is 4.35. The molecule has 0 aromatic heterocycles. The van der Waals surface area contributed by atoms with Crippen molar-refractivity contribution in [1.82, 2.24) is 0 Å². The van der Waals surface area contributed by atoms with E-state index in [0.29, 0.717) is 0 Å². The van der Waals surface area contributed by atoms with Crippen LogP contribution in [-0.2, 0) is 0 Å². The van der Waals surface area contributed by atoms with E-state index < -0.39 is 0 Å². The predicted octanol–water partition coefficient (Wildman–Crippen LogP) is 1.68. The van der Waals surface area contributed by atoms with Gasteiger partial charge in [-0.3, -0.25) is 4.99 Å². The molecule has 2 N–H and O–H groups in total. The molecule has 0 aliphatic carbocycles. The highest BCUT2D eigenvalue weighted by molar-refractivity contribution is 5.55. The zero-order valence-corrected chi connectivity index (χ0v) is 6.09. The molecule has 9 heavy (non-hydrogen) atoms. The molecule has 0 unspecified atom stereocenters. The molecule has 0 aliphatic heterocycles. The van der Waals surface area contributed by atoms with Gasteiger partial charge in [-0.25, -0.2) is 0 Å². The van der Waals surface area contributed by atoms with Crippen LogP contribution in [0, 0.1) is 0 Å². The molecule has 0 aliphatic rings. The Morgan fingerprint density at radius 2 is 2.33 bits per heavy atom. The second-order valence-corrected chi connectivity index (χ2v) is 1.80. The summed E-state index contributed by atoms with van der Waals surface area (Å²) in [6.45, 7) is 3.99. The Morgan fingerprint density at radius 3 is 2.67 bits per heavy atom. The molecule has 0 spiro atoms. The van der Waals surface area contributed by atoms with Gasteiger partial charge in [-0.1, -0.05) is 13.3 Å². The standard InChI is InChI=1S/C7H14N2/c1-3-5-7(6-8)9-4-2/h4,6H,3,5,8H2,1-2H3/b7-6-,9-4-. The highest BCUT2D eigenvalue weighted by Crippen LogP contribution is 2.02. The normalized spacial score (nSPS) is 12.9. The first-order valence-electron chi connectivity index (χ1n) is 3.24. The molecule has 0 fully saturated rings. The Bertz CT molecular complexity index is 114. The van der Waals surface area contributed by atoms with Crippen molar-refractivity contribution in [3.05, 3.63) is 11.9 Å². The highest BCUT2D eigenvalue weighted by Gasteiger charge is 1.86. The van der Waals surface area contributed by atoms with Crippen molar-refractivity contribution >= 4 is 6.21 Å². The largest absolute Gasteiger partial charge is 0.403 e. The van der Waals surface area contributed by atoms with E-state index in [1.165, 1.54) is 0 Å². The van der Waals surface area contributed by atoms with Crippen LogP contribution in [0.5, 0.6) is 0 Å². The van der Waals surface area contributed by atoms with Crippen molar-refractivity contribution in [2.45, 2.75) is 26.7 Å². The average molecular weight is 126 g/mol. The summed E-state index contributed by atoms with van der Waals surface area (Å²) in [5.74, 6) is 0. The van der Waals surface area contributed by atoms with E-state index in [4.69, 9.17) is 5.73 Å². The number of hydrogen-bond donors (Lipinski definition) is 1. The third-order valence-electron chi connectivity index (χ3n) is 0.993. The van der Waals surface area contributed by atoms with Gasteiger partial charge >= 0.3 is 0 Å². The van der Waals surface area contributed by atoms with E-state index in [2.05, 4.69) is 11.9 Å². The number of hydrogen-bond acceptors (Lipinski definition) is 2. The van der Waals surface area contributed by atoms with Gasteiger partial charge in [0, 0.05) is 12.4 Å². The highest BCUT2D eigenvalue weighted by atomic mass is 14.7. The number of aliphatic imine (C=N–C) groups is 1. The van der Waals surface area contributed by atoms with Crippen LogP contribution >= 0.6 is 0 Å². The van der Waals surface area contributed by atoms with Gasteiger partial charge in [0.05, 0.1) is 5.70 Å². The molecule has 0 bridgehead atoms. The lowest BCUT2D eigenvalue weighted by Crippen LogP contribution is -1.85. The molecule has 2 nitrogen and oxygen atoms in total. The van der Waals surface area contributed by atoms with Crippen molar-refractivity contribution in [3.8, 4) is 0 Å². The second-order valence-electron chi connectivity index (χ2n) is 1.80. The first kappa shape index (κ1) is 8.21. The molecule has 0 radical (unpaired) electrons. The maximum Gasteiger partial charge on any atom is 0.0553 e. The molecular formula is C7H14N2. The van der Waals surface area contributed by atoms with Gasteiger partial charge in [0.1, 0.15) is 0 Å². The fraction of sp³-hybridized carbons (Fsp3) is 0.571. The minimum absolute atomic E-state index is 0.972. The summed E-state index contributed by atoms with van der Waals surface area (Å²) in [6, 6.07) is 0. The monoisotopic (exact) mass is 126 g/mol. The number of nitrogens with two attached hydrogens (primary N) is 1. The van der Waals surface area contributed by atoms with Crippen molar-refractivity contribution in [2.24, 2.45) is 10.7 Å². The van der Waals surface area contributed by atoms with Crippen LogP contribution in [0.15, 0.2) is 16.9 Å². The van der Waals surface area contributed by atoms with Crippen LogP contribution in [0.3, 0.4) is 0 Å². The lowest BCUT2D eigenvalue weighted by Gasteiger charge is -1.93. The summed E-state index contributed by atoms with van der Waals surface area (Å²) in [5.41, 5.74) is 6.24. The SMILES string of the molecule is C/C=N\C(=C/N)CCC. The summed E-state index contributed by atoms with van der Waals surface area (Å²) < 4.78 is 0. The second kappa shape index (κ2) is 5.35. The zero-order chi connectivity index (χ0) is 7.11. The quantitative estimate of drug-likeness (QED) is 0.574. The minimum atomic E-state index is 0.972. The van der Waals surface area contributed by atoms with E-state index in [1.807, 2.05) is 6.92 Å². The molecule has 0 amide bonds. The molecule has 0 saturated heterocycles. The lowest BCUT2D eigenvalue weighted by atomic mass is 10.3. The van der Waals surface area contributed by atoms with E-state index in [1.54, 1.807) is 12.4 Å². The fourth-order valence-corrected chi connectivity index (χ4v) is 0.613. The topological polar surface area (TPSA) is 38.4 Å². The molecule has 2 heteroatoms. The van der Waals surface area contributed by atoms with Gasteiger partial charge < -0.3 is 5.73 Å². The van der Waals surface area contributed by atoms with E-state index in [-0.39, 0.29) is 0 Å². The van der Waals surface area contributed by atoms with E-state index >= 15 is 0 Å². The van der Waals surface area contributed by atoms with E-state index in [9.17, 15) is 0 Å². The molecule has 0 aromatic carbocycles. The molecule has 0 heterocycles. The van der Waals surface area contributed by atoms with Gasteiger partial charge in [0.15, 0.2) is 0 Å². The van der Waals surface area contributed by atoms with Crippen LogP contribution in [0.4, 0.5) is 0 Å². The maximum absolute atomic E-state index is 5.27. The fourth-order valence-electron chi connectivity index (χ4n) is 0.613. The summed E-state index contributed by atoms with van der Waals surface area (Å²) in [5, 5.41) is 0. The van der Waals surface area contributed by atoms with Gasteiger partial charge in [0.2, 0.25) is 0 Å². The Kier molecular flexibility index (Phi) is 4.88. The van der Waals surface area contributed by atoms with Gasteiger partial charge in [0.25, 0.3) is 0 Å².